The number of thioether (sulfide) groups is 1. The van der Waals surface area contributed by atoms with Crippen LogP contribution in [0.2, 0.25) is 0 Å². The number of para-hydroxylation sites is 1. The first-order valence-corrected chi connectivity index (χ1v) is 9.49. The fourth-order valence-corrected chi connectivity index (χ4v) is 5.31. The number of imide groups is 1. The van der Waals surface area contributed by atoms with Gasteiger partial charge < -0.3 is 15.6 Å². The van der Waals surface area contributed by atoms with Crippen LogP contribution in [0, 0.1) is 5.92 Å². The lowest BCUT2D eigenvalue weighted by atomic mass is 9.77. The van der Waals surface area contributed by atoms with E-state index in [1.54, 1.807) is 36.4 Å². The second kappa shape index (κ2) is 5.87. The SMILES string of the molecule is NC1=C2C(=O)Oc3cc(O)ccc3C2C2C(=O)N(c3ccccc3)C(=O)C2S1. The highest BCUT2D eigenvalue weighted by molar-refractivity contribution is 8.04. The summed E-state index contributed by atoms with van der Waals surface area (Å²) in [5, 5.41) is 9.19. The van der Waals surface area contributed by atoms with Gasteiger partial charge in [0.15, 0.2) is 0 Å². The van der Waals surface area contributed by atoms with Crippen molar-refractivity contribution in [2.45, 2.75) is 11.2 Å². The van der Waals surface area contributed by atoms with Gasteiger partial charge in [0, 0.05) is 17.5 Å². The molecular weight excluding hydrogens is 380 g/mol. The summed E-state index contributed by atoms with van der Waals surface area (Å²) in [5.41, 5.74) is 7.36. The molecule has 2 amide bonds. The maximum absolute atomic E-state index is 13.3. The number of aromatic hydroxyl groups is 1. The number of fused-ring (bicyclic) bond motifs is 5. The topological polar surface area (TPSA) is 110 Å². The van der Waals surface area contributed by atoms with Crippen molar-refractivity contribution in [3.63, 3.8) is 0 Å². The fraction of sp³-hybridized carbons (Fsp3) is 0.150. The molecule has 3 aliphatic heterocycles. The highest BCUT2D eigenvalue weighted by atomic mass is 32.2. The molecule has 2 aromatic carbocycles. The summed E-state index contributed by atoms with van der Waals surface area (Å²) in [6.07, 6.45) is 0. The third kappa shape index (κ3) is 2.21. The van der Waals surface area contributed by atoms with Gasteiger partial charge in [0.2, 0.25) is 11.8 Å². The molecule has 0 aromatic heterocycles. The molecule has 0 spiro atoms. The van der Waals surface area contributed by atoms with Gasteiger partial charge in [-0.1, -0.05) is 36.0 Å². The second-order valence-electron chi connectivity index (χ2n) is 6.78. The molecule has 0 radical (unpaired) electrons. The fourth-order valence-electron chi connectivity index (χ4n) is 4.07. The third-order valence-corrected chi connectivity index (χ3v) is 6.48. The van der Waals surface area contributed by atoms with Crippen LogP contribution in [-0.4, -0.2) is 28.1 Å². The van der Waals surface area contributed by atoms with E-state index in [0.717, 1.165) is 11.8 Å². The minimum absolute atomic E-state index is 0.0616. The lowest BCUT2D eigenvalue weighted by Crippen LogP contribution is -2.39. The number of phenols is 1. The number of ether oxygens (including phenoxy) is 1. The van der Waals surface area contributed by atoms with Crippen molar-refractivity contribution in [2.24, 2.45) is 11.7 Å². The summed E-state index contributed by atoms with van der Waals surface area (Å²) in [7, 11) is 0. The molecule has 3 atom stereocenters. The van der Waals surface area contributed by atoms with Crippen LogP contribution in [0.5, 0.6) is 11.5 Å². The van der Waals surface area contributed by atoms with Gasteiger partial charge in [-0.2, -0.15) is 0 Å². The number of rotatable bonds is 1. The van der Waals surface area contributed by atoms with Crippen molar-refractivity contribution in [3.05, 3.63) is 64.7 Å². The number of hydrogen-bond donors (Lipinski definition) is 2. The number of esters is 1. The Balaban J connectivity index is 1.68. The van der Waals surface area contributed by atoms with Gasteiger partial charge in [0.25, 0.3) is 0 Å². The number of hydrogen-bond acceptors (Lipinski definition) is 7. The minimum Gasteiger partial charge on any atom is -0.508 e. The number of anilines is 1. The van der Waals surface area contributed by atoms with Crippen molar-refractivity contribution >= 4 is 35.2 Å². The lowest BCUT2D eigenvalue weighted by molar-refractivity contribution is -0.131. The van der Waals surface area contributed by atoms with E-state index in [1.807, 2.05) is 0 Å². The summed E-state index contributed by atoms with van der Waals surface area (Å²) in [6, 6.07) is 13.1. The standard InChI is InChI=1S/C20H14N2O5S/c21-17-15-13(11-7-6-10(23)8-12(11)27-20(15)26)14-16(28-17)19(25)22(18(14)24)9-4-2-1-3-5-9/h1-8,13-14,16,23H,21H2. The van der Waals surface area contributed by atoms with Crippen LogP contribution >= 0.6 is 11.8 Å². The highest BCUT2D eigenvalue weighted by Crippen LogP contribution is 2.54. The Morgan fingerprint density at radius 2 is 1.79 bits per heavy atom. The van der Waals surface area contributed by atoms with Crippen LogP contribution in [0.4, 0.5) is 5.69 Å². The molecule has 0 aliphatic carbocycles. The molecule has 7 nitrogen and oxygen atoms in total. The summed E-state index contributed by atoms with van der Waals surface area (Å²) >= 11 is 1.03. The van der Waals surface area contributed by atoms with Gasteiger partial charge >= 0.3 is 5.97 Å². The molecule has 140 valence electrons. The van der Waals surface area contributed by atoms with Gasteiger partial charge in [-0.25, -0.2) is 9.69 Å². The van der Waals surface area contributed by atoms with E-state index in [0.29, 0.717) is 11.3 Å². The van der Waals surface area contributed by atoms with Crippen molar-refractivity contribution in [1.82, 2.24) is 0 Å². The predicted molar refractivity (Wildman–Crippen MR) is 102 cm³/mol. The monoisotopic (exact) mass is 394 g/mol. The van der Waals surface area contributed by atoms with Crippen molar-refractivity contribution in [3.8, 4) is 11.5 Å². The smallest absolute Gasteiger partial charge is 0.342 e. The van der Waals surface area contributed by atoms with E-state index >= 15 is 0 Å². The quantitative estimate of drug-likeness (QED) is 0.432. The first kappa shape index (κ1) is 16.9. The van der Waals surface area contributed by atoms with E-state index in [9.17, 15) is 19.5 Å². The van der Waals surface area contributed by atoms with Gasteiger partial charge in [-0.3, -0.25) is 9.59 Å². The summed E-state index contributed by atoms with van der Waals surface area (Å²) < 4.78 is 5.31. The molecular formula is C20H14N2O5S. The summed E-state index contributed by atoms with van der Waals surface area (Å²) in [5.74, 6) is -2.76. The molecule has 1 saturated heterocycles. The van der Waals surface area contributed by atoms with E-state index < -0.39 is 23.1 Å². The van der Waals surface area contributed by atoms with Crippen molar-refractivity contribution in [1.29, 1.82) is 0 Å². The average Bonchev–Trinajstić information content (AvgIpc) is 2.92. The number of carbonyl (C=O) groups excluding carboxylic acids is 3. The van der Waals surface area contributed by atoms with Crippen LogP contribution in [0.15, 0.2) is 59.1 Å². The van der Waals surface area contributed by atoms with Gasteiger partial charge in [0.1, 0.15) is 16.7 Å². The average molecular weight is 394 g/mol. The minimum atomic E-state index is -0.781. The number of amides is 2. The van der Waals surface area contributed by atoms with Gasteiger partial charge in [-0.05, 0) is 18.2 Å². The van der Waals surface area contributed by atoms with Crippen molar-refractivity contribution in [2.75, 3.05) is 4.90 Å². The molecule has 0 bridgehead atoms. The Morgan fingerprint density at radius 1 is 1.04 bits per heavy atom. The van der Waals surface area contributed by atoms with Crippen LogP contribution in [0.1, 0.15) is 11.5 Å². The van der Waals surface area contributed by atoms with E-state index in [2.05, 4.69) is 0 Å². The zero-order valence-corrected chi connectivity index (χ0v) is 15.2. The van der Waals surface area contributed by atoms with Crippen LogP contribution in [-0.2, 0) is 14.4 Å². The molecule has 1 fully saturated rings. The number of nitrogens with two attached hydrogens (primary N) is 1. The maximum atomic E-state index is 13.3. The van der Waals surface area contributed by atoms with E-state index in [4.69, 9.17) is 10.5 Å². The Hall–Kier alpha value is -3.26. The van der Waals surface area contributed by atoms with E-state index in [-0.39, 0.29) is 33.9 Å². The Morgan fingerprint density at radius 3 is 2.54 bits per heavy atom. The number of nitrogens with zero attached hydrogens (tertiary/aromatic N) is 1. The number of benzene rings is 2. The Labute approximate surface area is 163 Å². The van der Waals surface area contributed by atoms with Gasteiger partial charge in [-0.15, -0.1) is 0 Å². The first-order chi connectivity index (χ1) is 13.5. The highest BCUT2D eigenvalue weighted by Gasteiger charge is 2.58. The van der Waals surface area contributed by atoms with Crippen molar-refractivity contribution < 1.29 is 24.2 Å². The third-order valence-electron chi connectivity index (χ3n) is 5.25. The number of carbonyl (C=O) groups is 3. The Bertz CT molecular complexity index is 1080. The molecule has 3 unspecified atom stereocenters. The van der Waals surface area contributed by atoms with Gasteiger partial charge in [0.05, 0.1) is 22.2 Å². The largest absolute Gasteiger partial charge is 0.508 e. The summed E-state index contributed by atoms with van der Waals surface area (Å²) in [6.45, 7) is 0. The summed E-state index contributed by atoms with van der Waals surface area (Å²) in [4.78, 5) is 40.1. The zero-order chi connectivity index (χ0) is 19.6. The van der Waals surface area contributed by atoms with Crippen LogP contribution in [0.3, 0.4) is 0 Å². The molecule has 8 heteroatoms. The molecule has 3 heterocycles. The molecule has 3 N–H and O–H groups in total. The maximum Gasteiger partial charge on any atom is 0.342 e. The second-order valence-corrected chi connectivity index (χ2v) is 7.96. The normalized spacial score (nSPS) is 25.9. The first-order valence-electron chi connectivity index (χ1n) is 8.61. The molecule has 0 saturated carbocycles. The van der Waals surface area contributed by atoms with E-state index in [1.165, 1.54) is 17.0 Å². The zero-order valence-electron chi connectivity index (χ0n) is 14.4. The molecule has 2 aromatic rings. The molecule has 5 rings (SSSR count). The predicted octanol–water partition coefficient (Wildman–Crippen LogP) is 1.87. The molecule has 3 aliphatic rings. The van der Waals surface area contributed by atoms with Crippen LogP contribution in [0.25, 0.3) is 0 Å². The Kier molecular flexibility index (Phi) is 3.54. The van der Waals surface area contributed by atoms with Crippen LogP contribution < -0.4 is 15.4 Å². The molecule has 28 heavy (non-hydrogen) atoms. The number of phenolic OH excluding ortho intramolecular Hbond substituents is 1. The lowest BCUT2D eigenvalue weighted by Gasteiger charge is -2.36.